The van der Waals surface area contributed by atoms with Crippen molar-refractivity contribution in [1.82, 2.24) is 4.98 Å². The Morgan fingerprint density at radius 1 is 1.00 bits per heavy atom. The number of nitrogens with zero attached hydrogens (tertiary/aromatic N) is 1. The molecule has 1 aromatic heterocycles. The van der Waals surface area contributed by atoms with Gasteiger partial charge in [-0.25, -0.2) is 4.79 Å². The second kappa shape index (κ2) is 5.78. The van der Waals surface area contributed by atoms with E-state index in [1.165, 1.54) is 0 Å². The first-order valence-corrected chi connectivity index (χ1v) is 5.55. The number of pyridine rings is 1. The largest absolute Gasteiger partial charge is 0.261 e. The SMILES string of the molecule is O=C=C(Cc1ccccc1)Cc1ccccn1. The Morgan fingerprint density at radius 3 is 2.41 bits per heavy atom. The Bertz CT molecular complexity index is 470. The molecule has 2 nitrogen and oxygen atoms in total. The highest BCUT2D eigenvalue weighted by Gasteiger charge is 2.03. The van der Waals surface area contributed by atoms with E-state index in [9.17, 15) is 4.79 Å². The van der Waals surface area contributed by atoms with Crippen molar-refractivity contribution in [3.8, 4) is 0 Å². The number of hydrogen-bond donors (Lipinski definition) is 0. The van der Waals surface area contributed by atoms with Crippen LogP contribution in [0, 0.1) is 0 Å². The van der Waals surface area contributed by atoms with Gasteiger partial charge in [0.1, 0.15) is 5.94 Å². The Labute approximate surface area is 101 Å². The topological polar surface area (TPSA) is 30.0 Å². The molecule has 0 amide bonds. The van der Waals surface area contributed by atoms with E-state index in [0.29, 0.717) is 12.8 Å². The molecule has 1 aromatic carbocycles. The monoisotopic (exact) mass is 223 g/mol. The second-order valence-corrected chi connectivity index (χ2v) is 3.87. The van der Waals surface area contributed by atoms with Gasteiger partial charge in [-0.05, 0) is 17.7 Å². The summed E-state index contributed by atoms with van der Waals surface area (Å²) in [4.78, 5) is 15.1. The van der Waals surface area contributed by atoms with Crippen molar-refractivity contribution >= 4 is 5.94 Å². The van der Waals surface area contributed by atoms with E-state index in [1.807, 2.05) is 54.5 Å². The second-order valence-electron chi connectivity index (χ2n) is 3.87. The Kier molecular flexibility index (Phi) is 3.85. The van der Waals surface area contributed by atoms with Crippen LogP contribution < -0.4 is 0 Å². The first kappa shape index (κ1) is 11.3. The third-order valence-electron chi connectivity index (χ3n) is 2.53. The fraction of sp³-hybridized carbons (Fsp3) is 0.133. The minimum Gasteiger partial charge on any atom is -0.261 e. The lowest BCUT2D eigenvalue weighted by molar-refractivity contribution is 0.565. The molecular weight excluding hydrogens is 210 g/mol. The van der Waals surface area contributed by atoms with Crippen molar-refractivity contribution in [2.45, 2.75) is 12.8 Å². The van der Waals surface area contributed by atoms with Crippen molar-refractivity contribution in [1.29, 1.82) is 0 Å². The van der Waals surface area contributed by atoms with Gasteiger partial charge in [0, 0.05) is 30.3 Å². The Morgan fingerprint density at radius 2 is 1.76 bits per heavy atom. The zero-order valence-corrected chi connectivity index (χ0v) is 9.47. The lowest BCUT2D eigenvalue weighted by Crippen LogP contribution is -1.98. The number of carbonyl (C=O) groups excluding carboxylic acids is 1. The average molecular weight is 223 g/mol. The van der Waals surface area contributed by atoms with Gasteiger partial charge in [0.15, 0.2) is 0 Å². The van der Waals surface area contributed by atoms with Crippen LogP contribution in [-0.2, 0) is 17.6 Å². The van der Waals surface area contributed by atoms with Gasteiger partial charge < -0.3 is 0 Å². The number of allylic oxidation sites excluding steroid dienone is 1. The molecule has 2 rings (SSSR count). The van der Waals surface area contributed by atoms with Crippen LogP contribution in [0.2, 0.25) is 0 Å². The van der Waals surface area contributed by atoms with Crippen molar-refractivity contribution in [2.24, 2.45) is 0 Å². The van der Waals surface area contributed by atoms with Crippen molar-refractivity contribution in [3.63, 3.8) is 0 Å². The Balaban J connectivity index is 2.07. The van der Waals surface area contributed by atoms with Crippen LogP contribution in [-0.4, -0.2) is 10.9 Å². The maximum Gasteiger partial charge on any atom is 0.124 e. The number of benzene rings is 1. The average Bonchev–Trinajstić information content (AvgIpc) is 2.40. The molecule has 2 aromatic rings. The third-order valence-corrected chi connectivity index (χ3v) is 2.53. The summed E-state index contributed by atoms with van der Waals surface area (Å²) >= 11 is 0. The fourth-order valence-electron chi connectivity index (χ4n) is 1.70. The summed E-state index contributed by atoms with van der Waals surface area (Å²) < 4.78 is 0. The molecule has 0 bridgehead atoms. The van der Waals surface area contributed by atoms with Gasteiger partial charge in [-0.15, -0.1) is 0 Å². The fourth-order valence-corrected chi connectivity index (χ4v) is 1.70. The summed E-state index contributed by atoms with van der Waals surface area (Å²) in [5, 5.41) is 0. The molecule has 0 saturated heterocycles. The van der Waals surface area contributed by atoms with Gasteiger partial charge in [0.25, 0.3) is 0 Å². The van der Waals surface area contributed by atoms with Crippen LogP contribution in [0.4, 0.5) is 0 Å². The highest BCUT2D eigenvalue weighted by Crippen LogP contribution is 2.10. The van der Waals surface area contributed by atoms with E-state index in [0.717, 1.165) is 16.8 Å². The molecule has 2 heteroatoms. The molecule has 84 valence electrons. The molecule has 0 saturated carbocycles. The number of rotatable bonds is 4. The zero-order valence-electron chi connectivity index (χ0n) is 9.47. The highest BCUT2D eigenvalue weighted by atomic mass is 16.1. The van der Waals surface area contributed by atoms with Gasteiger partial charge in [-0.2, -0.15) is 0 Å². The number of aromatic nitrogens is 1. The lowest BCUT2D eigenvalue weighted by Gasteiger charge is -2.03. The third kappa shape index (κ3) is 3.40. The minimum atomic E-state index is 0.569. The van der Waals surface area contributed by atoms with E-state index in [1.54, 1.807) is 6.20 Å². The van der Waals surface area contributed by atoms with Gasteiger partial charge in [0.05, 0.1) is 0 Å². The van der Waals surface area contributed by atoms with Crippen LogP contribution in [0.3, 0.4) is 0 Å². The summed E-state index contributed by atoms with van der Waals surface area (Å²) in [6.45, 7) is 0. The van der Waals surface area contributed by atoms with Gasteiger partial charge >= 0.3 is 0 Å². The van der Waals surface area contributed by atoms with E-state index in [2.05, 4.69) is 4.98 Å². The molecule has 0 aliphatic carbocycles. The van der Waals surface area contributed by atoms with Gasteiger partial charge in [-0.3, -0.25) is 4.98 Å². The molecule has 17 heavy (non-hydrogen) atoms. The summed E-state index contributed by atoms with van der Waals surface area (Å²) in [5.41, 5.74) is 2.76. The molecule has 0 fully saturated rings. The molecule has 0 spiro atoms. The zero-order chi connectivity index (χ0) is 11.9. The standard InChI is InChI=1S/C15H13NO/c17-12-14(10-13-6-2-1-3-7-13)11-15-8-4-5-9-16-15/h1-9H,10-11H2. The van der Waals surface area contributed by atoms with Gasteiger partial charge in [-0.1, -0.05) is 36.4 Å². The van der Waals surface area contributed by atoms with Gasteiger partial charge in [0.2, 0.25) is 0 Å². The maximum absolute atomic E-state index is 10.9. The van der Waals surface area contributed by atoms with Crippen LogP contribution in [0.25, 0.3) is 0 Å². The number of hydrogen-bond acceptors (Lipinski definition) is 2. The van der Waals surface area contributed by atoms with Crippen molar-refractivity contribution in [2.75, 3.05) is 0 Å². The molecule has 0 unspecified atom stereocenters. The predicted molar refractivity (Wildman–Crippen MR) is 67.3 cm³/mol. The molecule has 1 heterocycles. The van der Waals surface area contributed by atoms with Crippen LogP contribution >= 0.6 is 0 Å². The normalized spacial score (nSPS) is 9.65. The van der Waals surface area contributed by atoms with E-state index in [4.69, 9.17) is 0 Å². The minimum absolute atomic E-state index is 0.569. The summed E-state index contributed by atoms with van der Waals surface area (Å²) in [7, 11) is 0. The van der Waals surface area contributed by atoms with E-state index >= 15 is 0 Å². The summed E-state index contributed by atoms with van der Waals surface area (Å²) in [5.74, 6) is 2.03. The Hall–Kier alpha value is -2.18. The quantitative estimate of drug-likeness (QED) is 0.746. The van der Waals surface area contributed by atoms with Crippen LogP contribution in [0.1, 0.15) is 11.3 Å². The smallest absolute Gasteiger partial charge is 0.124 e. The maximum atomic E-state index is 10.9. The predicted octanol–water partition coefficient (Wildman–Crippen LogP) is 2.62. The van der Waals surface area contributed by atoms with Crippen molar-refractivity contribution < 1.29 is 4.79 Å². The molecule has 0 radical (unpaired) electrons. The van der Waals surface area contributed by atoms with Crippen molar-refractivity contribution in [3.05, 3.63) is 71.6 Å². The summed E-state index contributed by atoms with van der Waals surface area (Å²) in [6.07, 6.45) is 2.94. The molecule has 0 aliphatic rings. The highest BCUT2D eigenvalue weighted by molar-refractivity contribution is 5.54. The lowest BCUT2D eigenvalue weighted by atomic mass is 10.0. The first-order valence-electron chi connectivity index (χ1n) is 5.55. The molecular formula is C15H13NO. The molecule has 0 atom stereocenters. The molecule has 0 aliphatic heterocycles. The van der Waals surface area contributed by atoms with E-state index < -0.39 is 0 Å². The van der Waals surface area contributed by atoms with Crippen LogP contribution in [0.15, 0.2) is 60.3 Å². The first-order chi connectivity index (χ1) is 8.38. The summed E-state index contributed by atoms with van der Waals surface area (Å²) in [6, 6.07) is 15.6. The molecule has 0 N–H and O–H groups in total. The van der Waals surface area contributed by atoms with E-state index in [-0.39, 0.29) is 0 Å². The van der Waals surface area contributed by atoms with Crippen LogP contribution in [0.5, 0.6) is 0 Å².